The molecule has 1 aromatic rings. The summed E-state index contributed by atoms with van der Waals surface area (Å²) in [6, 6.07) is 3.59. The maximum atomic E-state index is 11.9. The van der Waals surface area contributed by atoms with Crippen molar-refractivity contribution in [1.29, 1.82) is 0 Å². The van der Waals surface area contributed by atoms with Gasteiger partial charge in [0.05, 0.1) is 11.7 Å². The molecule has 1 aliphatic heterocycles. The van der Waals surface area contributed by atoms with Gasteiger partial charge in [-0.2, -0.15) is 0 Å². The van der Waals surface area contributed by atoms with Crippen molar-refractivity contribution in [3.8, 4) is 0 Å². The van der Waals surface area contributed by atoms with Crippen LogP contribution in [0.15, 0.2) is 18.3 Å². The second kappa shape index (κ2) is 8.59. The number of methoxy groups -OCH3 is 1. The summed E-state index contributed by atoms with van der Waals surface area (Å²) in [5.74, 6) is 0.658. The maximum Gasteiger partial charge on any atom is 0.252 e. The van der Waals surface area contributed by atoms with E-state index in [9.17, 15) is 4.79 Å². The SMILES string of the molecule is COCCCNC(=O)c1ccc(NCC2CCCO2)nc1. The minimum absolute atomic E-state index is 0.107. The van der Waals surface area contributed by atoms with E-state index in [2.05, 4.69) is 15.6 Å². The number of hydrogen-bond acceptors (Lipinski definition) is 5. The van der Waals surface area contributed by atoms with Crippen molar-refractivity contribution in [2.75, 3.05) is 38.7 Å². The summed E-state index contributed by atoms with van der Waals surface area (Å²) in [6.45, 7) is 2.85. The van der Waals surface area contributed by atoms with Crippen LogP contribution in [0.25, 0.3) is 0 Å². The number of amides is 1. The molecule has 1 saturated heterocycles. The molecular weight excluding hydrogens is 270 g/mol. The number of hydrogen-bond donors (Lipinski definition) is 2. The second-order valence-corrected chi connectivity index (χ2v) is 5.05. The summed E-state index contributed by atoms with van der Waals surface area (Å²) in [5, 5.41) is 6.06. The van der Waals surface area contributed by atoms with Gasteiger partial charge in [-0.15, -0.1) is 0 Å². The Morgan fingerprint density at radius 3 is 3.10 bits per heavy atom. The molecular formula is C15H23N3O3. The van der Waals surface area contributed by atoms with Gasteiger partial charge in [-0.3, -0.25) is 4.79 Å². The Bertz CT molecular complexity index is 430. The molecule has 1 aromatic heterocycles. The van der Waals surface area contributed by atoms with Crippen molar-refractivity contribution in [3.63, 3.8) is 0 Å². The summed E-state index contributed by atoms with van der Waals surface area (Å²) in [6.07, 6.45) is 4.88. The van der Waals surface area contributed by atoms with E-state index in [1.165, 1.54) is 0 Å². The van der Waals surface area contributed by atoms with Crippen LogP contribution >= 0.6 is 0 Å². The van der Waals surface area contributed by atoms with Crippen LogP contribution in [-0.2, 0) is 9.47 Å². The topological polar surface area (TPSA) is 72.5 Å². The summed E-state index contributed by atoms with van der Waals surface area (Å²) in [4.78, 5) is 16.1. The monoisotopic (exact) mass is 293 g/mol. The summed E-state index contributed by atoms with van der Waals surface area (Å²) in [5.41, 5.74) is 0.565. The van der Waals surface area contributed by atoms with Crippen molar-refractivity contribution < 1.29 is 14.3 Å². The largest absolute Gasteiger partial charge is 0.385 e. The molecule has 2 heterocycles. The third-order valence-electron chi connectivity index (χ3n) is 3.37. The fourth-order valence-corrected chi connectivity index (χ4v) is 2.18. The first-order valence-corrected chi connectivity index (χ1v) is 7.38. The van der Waals surface area contributed by atoms with Crippen LogP contribution in [0, 0.1) is 0 Å². The Morgan fingerprint density at radius 1 is 1.52 bits per heavy atom. The number of aromatic nitrogens is 1. The van der Waals surface area contributed by atoms with Crippen LogP contribution in [0.1, 0.15) is 29.6 Å². The van der Waals surface area contributed by atoms with Gasteiger partial charge in [-0.05, 0) is 31.4 Å². The molecule has 6 heteroatoms. The van der Waals surface area contributed by atoms with Crippen LogP contribution in [0.4, 0.5) is 5.82 Å². The highest BCUT2D eigenvalue weighted by Crippen LogP contribution is 2.13. The van der Waals surface area contributed by atoms with Crippen molar-refractivity contribution in [2.45, 2.75) is 25.4 Å². The quantitative estimate of drug-likeness (QED) is 0.710. The summed E-state index contributed by atoms with van der Waals surface area (Å²) >= 11 is 0. The van der Waals surface area contributed by atoms with Crippen LogP contribution in [0.2, 0.25) is 0 Å². The van der Waals surface area contributed by atoms with Crippen molar-refractivity contribution in [3.05, 3.63) is 23.9 Å². The van der Waals surface area contributed by atoms with E-state index in [4.69, 9.17) is 9.47 Å². The molecule has 0 bridgehead atoms. The maximum absolute atomic E-state index is 11.9. The molecule has 1 atom stereocenters. The Morgan fingerprint density at radius 2 is 2.43 bits per heavy atom. The molecule has 116 valence electrons. The number of nitrogens with one attached hydrogen (secondary N) is 2. The van der Waals surface area contributed by atoms with E-state index in [1.54, 1.807) is 19.4 Å². The number of carbonyl (C=O) groups excluding carboxylic acids is 1. The second-order valence-electron chi connectivity index (χ2n) is 5.05. The first-order chi connectivity index (χ1) is 10.3. The van der Waals surface area contributed by atoms with E-state index in [0.29, 0.717) is 18.7 Å². The molecule has 2 rings (SSSR count). The molecule has 1 aliphatic rings. The number of ether oxygens (including phenoxy) is 2. The lowest BCUT2D eigenvalue weighted by atomic mass is 10.2. The van der Waals surface area contributed by atoms with E-state index >= 15 is 0 Å². The number of rotatable bonds is 8. The van der Waals surface area contributed by atoms with Crippen molar-refractivity contribution in [2.24, 2.45) is 0 Å². The Balaban J connectivity index is 1.73. The normalized spacial score (nSPS) is 17.7. The lowest BCUT2D eigenvalue weighted by Gasteiger charge is -2.11. The molecule has 0 aromatic carbocycles. The molecule has 1 amide bonds. The van der Waals surface area contributed by atoms with Gasteiger partial charge in [0.25, 0.3) is 5.91 Å². The van der Waals surface area contributed by atoms with Crippen molar-refractivity contribution >= 4 is 11.7 Å². The smallest absolute Gasteiger partial charge is 0.252 e. The highest BCUT2D eigenvalue weighted by molar-refractivity contribution is 5.93. The Labute approximate surface area is 125 Å². The van der Waals surface area contributed by atoms with Gasteiger partial charge < -0.3 is 20.1 Å². The summed E-state index contributed by atoms with van der Waals surface area (Å²) in [7, 11) is 1.65. The molecule has 6 nitrogen and oxygen atoms in total. The molecule has 1 unspecified atom stereocenters. The highest BCUT2D eigenvalue weighted by Gasteiger charge is 2.15. The minimum Gasteiger partial charge on any atom is -0.385 e. The van der Waals surface area contributed by atoms with Crippen LogP contribution in [0.5, 0.6) is 0 Å². The molecule has 0 spiro atoms. The van der Waals surface area contributed by atoms with Gasteiger partial charge in [-0.25, -0.2) is 4.98 Å². The van der Waals surface area contributed by atoms with Gasteiger partial charge in [0.1, 0.15) is 5.82 Å². The number of carbonyl (C=O) groups is 1. The van der Waals surface area contributed by atoms with Crippen LogP contribution < -0.4 is 10.6 Å². The zero-order chi connectivity index (χ0) is 14.9. The van der Waals surface area contributed by atoms with Gasteiger partial charge >= 0.3 is 0 Å². The zero-order valence-corrected chi connectivity index (χ0v) is 12.4. The van der Waals surface area contributed by atoms with Gasteiger partial charge in [-0.1, -0.05) is 0 Å². The molecule has 0 aliphatic carbocycles. The van der Waals surface area contributed by atoms with Gasteiger partial charge in [0.15, 0.2) is 0 Å². The molecule has 1 fully saturated rings. The number of pyridine rings is 1. The minimum atomic E-state index is -0.107. The average Bonchev–Trinajstić information content (AvgIpc) is 3.03. The summed E-state index contributed by atoms with van der Waals surface area (Å²) < 4.78 is 10.5. The standard InChI is InChI=1S/C15H23N3O3/c1-20-8-3-7-16-15(19)12-5-6-14(17-10-12)18-11-13-4-2-9-21-13/h5-6,10,13H,2-4,7-9,11H2,1H3,(H,16,19)(H,17,18). The lowest BCUT2D eigenvalue weighted by Crippen LogP contribution is -2.25. The lowest BCUT2D eigenvalue weighted by molar-refractivity contribution is 0.0948. The van der Waals surface area contributed by atoms with Gasteiger partial charge in [0.2, 0.25) is 0 Å². The first kappa shape index (κ1) is 15.7. The third kappa shape index (κ3) is 5.32. The van der Waals surface area contributed by atoms with E-state index in [0.717, 1.165) is 38.2 Å². The van der Waals surface area contributed by atoms with E-state index < -0.39 is 0 Å². The average molecular weight is 293 g/mol. The fraction of sp³-hybridized carbons (Fsp3) is 0.600. The first-order valence-electron chi connectivity index (χ1n) is 7.38. The zero-order valence-electron chi connectivity index (χ0n) is 12.4. The highest BCUT2D eigenvalue weighted by atomic mass is 16.5. The Kier molecular flexibility index (Phi) is 6.43. The van der Waals surface area contributed by atoms with Crippen LogP contribution in [-0.4, -0.2) is 50.4 Å². The fourth-order valence-electron chi connectivity index (χ4n) is 2.18. The van der Waals surface area contributed by atoms with E-state index in [-0.39, 0.29) is 12.0 Å². The molecule has 2 N–H and O–H groups in total. The molecule has 21 heavy (non-hydrogen) atoms. The number of anilines is 1. The predicted octanol–water partition coefficient (Wildman–Crippen LogP) is 1.44. The van der Waals surface area contributed by atoms with Crippen molar-refractivity contribution in [1.82, 2.24) is 10.3 Å². The Hall–Kier alpha value is -1.66. The predicted molar refractivity (Wildman–Crippen MR) is 80.5 cm³/mol. The molecule has 0 radical (unpaired) electrons. The third-order valence-corrected chi connectivity index (χ3v) is 3.37. The molecule has 0 saturated carbocycles. The van der Waals surface area contributed by atoms with Gasteiger partial charge in [0, 0.05) is 39.6 Å². The van der Waals surface area contributed by atoms with E-state index in [1.807, 2.05) is 6.07 Å². The van der Waals surface area contributed by atoms with Crippen LogP contribution in [0.3, 0.4) is 0 Å². The number of nitrogens with zero attached hydrogens (tertiary/aromatic N) is 1.